The maximum Gasteiger partial charge on any atom is 0.472 e. The van der Waals surface area contributed by atoms with Crippen LogP contribution in [0.25, 0.3) is 0 Å². The van der Waals surface area contributed by atoms with Gasteiger partial charge in [0.2, 0.25) is 5.91 Å². The van der Waals surface area contributed by atoms with Crippen molar-refractivity contribution in [2.45, 2.75) is 174 Å². The van der Waals surface area contributed by atoms with E-state index in [9.17, 15) is 19.4 Å². The summed E-state index contributed by atoms with van der Waals surface area (Å²) in [4.78, 5) is 23.1. The molecule has 0 saturated carbocycles. The number of nitrogens with one attached hydrogen (secondary N) is 1. The summed E-state index contributed by atoms with van der Waals surface area (Å²) in [6.07, 6.45) is 77.8. The highest BCUT2D eigenvalue weighted by molar-refractivity contribution is 7.47. The summed E-state index contributed by atoms with van der Waals surface area (Å²) in [5.74, 6) is -0.230. The number of hydrogen-bond acceptors (Lipinski definition) is 5. The molecule has 1 amide bonds. The van der Waals surface area contributed by atoms with Gasteiger partial charge in [-0.2, -0.15) is 0 Å². The number of carbonyl (C=O) groups is 1. The molecule has 0 saturated heterocycles. The fourth-order valence-electron chi connectivity index (χ4n) is 6.35. The second kappa shape index (κ2) is 49.1. The predicted molar refractivity (Wildman–Crippen MR) is 299 cm³/mol. The molecule has 9 heteroatoms. The van der Waals surface area contributed by atoms with Crippen molar-refractivity contribution in [3.8, 4) is 0 Å². The van der Waals surface area contributed by atoms with Gasteiger partial charge >= 0.3 is 7.82 Å². The molecule has 0 aliphatic rings. The molecule has 3 atom stereocenters. The van der Waals surface area contributed by atoms with Gasteiger partial charge in [-0.05, 0) is 116 Å². The van der Waals surface area contributed by atoms with Crippen LogP contribution in [-0.2, 0) is 18.4 Å². The average Bonchev–Trinajstić information content (AvgIpc) is 3.31. The highest BCUT2D eigenvalue weighted by Crippen LogP contribution is 2.43. The first-order valence-electron chi connectivity index (χ1n) is 26.4. The Morgan fingerprint density at radius 3 is 1.30 bits per heavy atom. The van der Waals surface area contributed by atoms with Crippen LogP contribution < -0.4 is 5.32 Å². The standard InChI is InChI=1S/C60H97N2O6P/c1-6-8-10-12-14-16-18-19-20-21-22-23-24-25-26-27-28-29-30-31-32-33-34-35-36-37-38-39-40-41-42-43-44-46-48-50-52-54-60(64)61-58(57-68-69(65,66)67-56-55-62(3,4)5)59(63)53-51-49-47-45-17-15-13-11-9-7-2/h8,10,14,16-17,19-20,22-23,25-26,28-29,31-32,34-35,37-38,40-41,43-45,51,53,58-59,63H,6-7,9,11-13,15,18,21,24,27,30,33,36,39,42,46-50,52,54-57H2,1-5H3,(H-,61,64,65,66)/p+1/b10-8-,16-14-,20-19-,23-22-,26-25-,29-28-,32-31-,35-34-,38-37-,41-40-,44-43-,45-17+,53-51+. The maximum absolute atomic E-state index is 12.9. The number of unbranched alkanes of at least 4 members (excludes halogenated alkanes) is 8. The number of aliphatic hydroxyl groups is 1. The number of phosphoric acid groups is 1. The summed E-state index contributed by atoms with van der Waals surface area (Å²) in [5, 5.41) is 13.7. The minimum absolute atomic E-state index is 0.0399. The number of amides is 1. The van der Waals surface area contributed by atoms with Gasteiger partial charge < -0.3 is 19.8 Å². The Morgan fingerprint density at radius 1 is 0.507 bits per heavy atom. The minimum Gasteiger partial charge on any atom is -0.387 e. The molecule has 69 heavy (non-hydrogen) atoms. The van der Waals surface area contributed by atoms with E-state index in [1.165, 1.54) is 25.7 Å². The summed E-state index contributed by atoms with van der Waals surface area (Å²) < 4.78 is 23.5. The van der Waals surface area contributed by atoms with Crippen LogP contribution in [0.15, 0.2) is 158 Å². The molecule has 0 aromatic heterocycles. The van der Waals surface area contributed by atoms with Crippen LogP contribution in [0.2, 0.25) is 0 Å². The van der Waals surface area contributed by atoms with E-state index in [1.54, 1.807) is 6.08 Å². The van der Waals surface area contributed by atoms with E-state index in [4.69, 9.17) is 9.05 Å². The van der Waals surface area contributed by atoms with E-state index in [0.717, 1.165) is 109 Å². The Balaban J connectivity index is 4.25. The number of carbonyl (C=O) groups excluding carboxylic acids is 1. The minimum atomic E-state index is -4.37. The van der Waals surface area contributed by atoms with Gasteiger partial charge in [-0.15, -0.1) is 0 Å². The largest absolute Gasteiger partial charge is 0.472 e. The van der Waals surface area contributed by atoms with Gasteiger partial charge in [-0.1, -0.05) is 198 Å². The zero-order valence-corrected chi connectivity index (χ0v) is 44.9. The zero-order valence-electron chi connectivity index (χ0n) is 44.0. The number of nitrogens with zero attached hydrogens (tertiary/aromatic N) is 1. The lowest BCUT2D eigenvalue weighted by Gasteiger charge is -2.25. The van der Waals surface area contributed by atoms with Gasteiger partial charge in [0.15, 0.2) is 0 Å². The molecule has 0 fully saturated rings. The summed E-state index contributed by atoms with van der Waals surface area (Å²) in [7, 11) is 1.50. The molecular weight excluding hydrogens is 876 g/mol. The van der Waals surface area contributed by atoms with Crippen molar-refractivity contribution in [3.05, 3.63) is 158 Å². The molecule has 0 radical (unpaired) electrons. The van der Waals surface area contributed by atoms with Crippen molar-refractivity contribution in [3.63, 3.8) is 0 Å². The Bertz CT molecular complexity index is 1670. The van der Waals surface area contributed by atoms with E-state index in [0.29, 0.717) is 23.9 Å². The lowest BCUT2D eigenvalue weighted by molar-refractivity contribution is -0.870. The fourth-order valence-corrected chi connectivity index (χ4v) is 7.09. The van der Waals surface area contributed by atoms with Crippen molar-refractivity contribution >= 4 is 13.7 Å². The lowest BCUT2D eigenvalue weighted by Crippen LogP contribution is -2.45. The van der Waals surface area contributed by atoms with Crippen molar-refractivity contribution in [2.75, 3.05) is 40.9 Å². The molecule has 0 heterocycles. The first-order chi connectivity index (χ1) is 33.5. The second-order valence-corrected chi connectivity index (χ2v) is 19.6. The van der Waals surface area contributed by atoms with Crippen LogP contribution in [0.5, 0.6) is 0 Å². The Morgan fingerprint density at radius 2 is 0.884 bits per heavy atom. The fraction of sp³-hybridized carbons (Fsp3) is 0.550. The SMILES string of the molecule is CC/C=C\C/C=C\C/C=C\C/C=C\C/C=C\C/C=C\C/C=C\C/C=C\C/C=C\C/C=C\C/C=C\CCCCCC(=O)NC(COP(=O)(O)OCC[N+](C)(C)C)C(O)/C=C/CC/C=C/CCCCCC. The summed E-state index contributed by atoms with van der Waals surface area (Å²) >= 11 is 0. The number of rotatable bonds is 45. The Hall–Kier alpha value is -3.88. The van der Waals surface area contributed by atoms with Crippen molar-refractivity contribution < 1.29 is 32.9 Å². The quantitative estimate of drug-likeness (QED) is 0.0243. The van der Waals surface area contributed by atoms with Gasteiger partial charge in [0.25, 0.3) is 0 Å². The van der Waals surface area contributed by atoms with Gasteiger partial charge in [0, 0.05) is 6.42 Å². The molecule has 0 spiro atoms. The van der Waals surface area contributed by atoms with Crippen molar-refractivity contribution in [1.82, 2.24) is 5.32 Å². The van der Waals surface area contributed by atoms with E-state index in [1.807, 2.05) is 27.2 Å². The summed E-state index contributed by atoms with van der Waals surface area (Å²) in [6, 6.07) is -0.891. The van der Waals surface area contributed by atoms with Crippen LogP contribution in [0.3, 0.4) is 0 Å². The van der Waals surface area contributed by atoms with Gasteiger partial charge in [-0.25, -0.2) is 4.57 Å². The second-order valence-electron chi connectivity index (χ2n) is 18.2. The third-order valence-electron chi connectivity index (χ3n) is 10.5. The van der Waals surface area contributed by atoms with E-state index < -0.39 is 20.0 Å². The Kier molecular flexibility index (Phi) is 46.4. The first kappa shape index (κ1) is 65.1. The van der Waals surface area contributed by atoms with E-state index in [-0.39, 0.29) is 19.1 Å². The van der Waals surface area contributed by atoms with E-state index in [2.05, 4.69) is 165 Å². The monoisotopic (exact) mass is 974 g/mol. The summed E-state index contributed by atoms with van der Waals surface area (Å²) in [5.41, 5.74) is 0. The van der Waals surface area contributed by atoms with Crippen LogP contribution in [0.1, 0.15) is 162 Å². The number of allylic oxidation sites excluding steroid dienone is 25. The van der Waals surface area contributed by atoms with Gasteiger partial charge in [-0.3, -0.25) is 13.8 Å². The number of hydrogen-bond donors (Lipinski definition) is 3. The van der Waals surface area contributed by atoms with Crippen molar-refractivity contribution in [1.29, 1.82) is 0 Å². The number of likely N-dealkylation sites (N-methyl/N-ethyl adjacent to an activating group) is 1. The predicted octanol–water partition coefficient (Wildman–Crippen LogP) is 15.9. The molecule has 0 aromatic carbocycles. The smallest absolute Gasteiger partial charge is 0.387 e. The number of phosphoric ester groups is 1. The van der Waals surface area contributed by atoms with Crippen LogP contribution in [0.4, 0.5) is 0 Å². The zero-order chi connectivity index (χ0) is 50.6. The summed E-state index contributed by atoms with van der Waals surface area (Å²) in [6.45, 7) is 4.57. The third-order valence-corrected chi connectivity index (χ3v) is 11.5. The highest BCUT2D eigenvalue weighted by Gasteiger charge is 2.27. The van der Waals surface area contributed by atoms with Crippen LogP contribution in [0, 0.1) is 0 Å². The topological polar surface area (TPSA) is 105 Å². The number of aliphatic hydroxyl groups excluding tert-OH is 1. The van der Waals surface area contributed by atoms with Gasteiger partial charge in [0.1, 0.15) is 13.2 Å². The normalized spacial score (nSPS) is 15.3. The molecule has 0 rings (SSSR count). The Labute approximate surface area is 422 Å². The van der Waals surface area contributed by atoms with Crippen LogP contribution in [-0.4, -0.2) is 73.4 Å². The highest BCUT2D eigenvalue weighted by atomic mass is 31.2. The molecule has 3 N–H and O–H groups in total. The van der Waals surface area contributed by atoms with Crippen LogP contribution >= 0.6 is 7.82 Å². The maximum atomic E-state index is 12.9. The third kappa shape index (κ3) is 51.8. The molecular formula is C60H98N2O6P+. The molecule has 0 bridgehead atoms. The molecule has 8 nitrogen and oxygen atoms in total. The van der Waals surface area contributed by atoms with Gasteiger partial charge in [0.05, 0.1) is 39.9 Å². The number of quaternary nitrogens is 1. The molecule has 388 valence electrons. The molecule has 0 aliphatic heterocycles. The van der Waals surface area contributed by atoms with Crippen molar-refractivity contribution in [2.24, 2.45) is 0 Å². The molecule has 3 unspecified atom stereocenters. The molecule has 0 aliphatic carbocycles. The lowest BCUT2D eigenvalue weighted by atomic mass is 10.1. The molecule has 0 aromatic rings. The van der Waals surface area contributed by atoms with E-state index >= 15 is 0 Å². The average molecular weight is 974 g/mol. The first-order valence-corrected chi connectivity index (χ1v) is 27.9.